The number of carbonyl (C=O) groups excluding carboxylic acids is 1. The molecule has 2 N–H and O–H groups in total. The van der Waals surface area contributed by atoms with Crippen LogP contribution in [0.25, 0.3) is 6.08 Å². The smallest absolute Gasteiger partial charge is 0.287 e. The van der Waals surface area contributed by atoms with E-state index in [1.807, 2.05) is 27.7 Å². The van der Waals surface area contributed by atoms with E-state index >= 15 is 0 Å². The summed E-state index contributed by atoms with van der Waals surface area (Å²) in [7, 11) is 1.67. The van der Waals surface area contributed by atoms with Crippen molar-refractivity contribution in [2.75, 3.05) is 25.1 Å². The lowest BCUT2D eigenvalue weighted by Crippen LogP contribution is -2.55. The number of aryl methyl sites for hydroxylation is 2. The van der Waals surface area contributed by atoms with Crippen LogP contribution in [0.5, 0.6) is 0 Å². The Morgan fingerprint density at radius 2 is 2.06 bits per heavy atom. The molecule has 1 amide bonds. The van der Waals surface area contributed by atoms with E-state index < -0.39 is 0 Å². The standard InChI is InChI=1S/C19H28N6O2S.2C2H6.2H2/c1-5-8-13-12(6-2)20-17(21-13)18(26)22-14-9-10-25(11-15(14)27-4)19-24-23-16(7-3)28-19;2*1-2;;/h7,14-15H,3,5-6,8-11H2,1-2,4H3,(H,20,21)(H,22,26);2*1-2H3;2*1H/t14-,15+;;;;/m1..../s1. The number of H-pyrrole nitrogens is 1. The summed E-state index contributed by atoms with van der Waals surface area (Å²) in [6.45, 7) is 17.3. The molecular weight excluding hydrogens is 424 g/mol. The maximum atomic E-state index is 12.7. The first-order valence-electron chi connectivity index (χ1n) is 11.7. The van der Waals surface area contributed by atoms with E-state index in [4.69, 9.17) is 4.74 Å². The Hall–Kier alpha value is -2.26. The third-order valence-corrected chi connectivity index (χ3v) is 5.95. The Labute approximate surface area is 199 Å². The molecule has 2 aromatic rings. The largest absolute Gasteiger partial charge is 0.377 e. The van der Waals surface area contributed by atoms with Crippen LogP contribution < -0.4 is 10.2 Å². The van der Waals surface area contributed by atoms with E-state index in [1.54, 1.807) is 13.2 Å². The molecule has 0 aliphatic carbocycles. The lowest BCUT2D eigenvalue weighted by molar-refractivity contribution is 0.0538. The molecule has 0 aromatic carbocycles. The first-order valence-corrected chi connectivity index (χ1v) is 12.5. The SMILES string of the molecule is C=Cc1nnc(N2CC[C@@H](NC(=O)c3nc(CC)c(CCC)[nH]3)[C@@H](OC)C2)s1.CC.CC.[HH].[HH]. The highest BCUT2D eigenvalue weighted by Crippen LogP contribution is 2.25. The van der Waals surface area contributed by atoms with Gasteiger partial charge in [-0.05, 0) is 25.3 Å². The van der Waals surface area contributed by atoms with Crippen LogP contribution in [0, 0.1) is 0 Å². The monoisotopic (exact) mass is 468 g/mol. The Morgan fingerprint density at radius 3 is 2.62 bits per heavy atom. The van der Waals surface area contributed by atoms with E-state index in [1.165, 1.54) is 11.3 Å². The lowest BCUT2D eigenvalue weighted by atomic mass is 10.0. The fraction of sp³-hybridized carbons (Fsp3) is 0.652. The molecule has 0 bridgehead atoms. The predicted molar refractivity (Wildman–Crippen MR) is 138 cm³/mol. The second-order valence-corrected chi connectivity index (χ2v) is 7.82. The van der Waals surface area contributed by atoms with Crippen LogP contribution in [0.15, 0.2) is 6.58 Å². The average Bonchev–Trinajstić information content (AvgIpc) is 3.49. The van der Waals surface area contributed by atoms with Gasteiger partial charge in [0.2, 0.25) is 5.13 Å². The van der Waals surface area contributed by atoms with Gasteiger partial charge >= 0.3 is 0 Å². The highest BCUT2D eigenvalue weighted by Gasteiger charge is 2.32. The van der Waals surface area contributed by atoms with E-state index in [0.717, 1.165) is 53.8 Å². The molecule has 3 rings (SSSR count). The number of nitrogens with zero attached hydrogens (tertiary/aromatic N) is 4. The van der Waals surface area contributed by atoms with Crippen LogP contribution in [0.2, 0.25) is 0 Å². The molecule has 1 saturated heterocycles. The summed E-state index contributed by atoms with van der Waals surface area (Å²) >= 11 is 1.50. The van der Waals surface area contributed by atoms with Crippen molar-refractivity contribution in [3.63, 3.8) is 0 Å². The van der Waals surface area contributed by atoms with Gasteiger partial charge in [0.05, 0.1) is 17.8 Å². The van der Waals surface area contributed by atoms with Crippen LogP contribution in [0.3, 0.4) is 0 Å². The molecule has 1 aliphatic heterocycles. The summed E-state index contributed by atoms with van der Waals surface area (Å²) < 4.78 is 5.66. The molecule has 9 heteroatoms. The van der Waals surface area contributed by atoms with Crippen LogP contribution in [-0.4, -0.2) is 58.4 Å². The summed E-state index contributed by atoms with van der Waals surface area (Å²) in [6.07, 6.45) is 5.05. The molecule has 3 heterocycles. The van der Waals surface area contributed by atoms with E-state index in [-0.39, 0.29) is 20.9 Å². The molecule has 0 spiro atoms. The van der Waals surface area contributed by atoms with Gasteiger partial charge in [-0.15, -0.1) is 10.2 Å². The van der Waals surface area contributed by atoms with Gasteiger partial charge in [-0.1, -0.05) is 65.9 Å². The number of hydrogen-bond acceptors (Lipinski definition) is 7. The second kappa shape index (κ2) is 14.7. The highest BCUT2D eigenvalue weighted by atomic mass is 32.1. The topological polar surface area (TPSA) is 96.0 Å². The lowest BCUT2D eigenvalue weighted by Gasteiger charge is -2.37. The molecule has 0 radical (unpaired) electrons. The summed E-state index contributed by atoms with van der Waals surface area (Å²) in [5.74, 6) is 0.208. The molecule has 2 aromatic heterocycles. The van der Waals surface area contributed by atoms with Crippen molar-refractivity contribution < 1.29 is 12.4 Å². The molecule has 32 heavy (non-hydrogen) atoms. The highest BCUT2D eigenvalue weighted by molar-refractivity contribution is 7.16. The zero-order chi connectivity index (χ0) is 24.1. The minimum atomic E-state index is -0.178. The number of aromatic amines is 1. The number of piperidine rings is 1. The molecule has 0 unspecified atom stereocenters. The zero-order valence-corrected chi connectivity index (χ0v) is 21.5. The van der Waals surface area contributed by atoms with Crippen LogP contribution in [0.1, 0.15) is 84.3 Å². The predicted octanol–water partition coefficient (Wildman–Crippen LogP) is 4.99. The van der Waals surface area contributed by atoms with Gasteiger partial charge in [0.15, 0.2) is 5.82 Å². The first-order chi connectivity index (χ1) is 15.6. The zero-order valence-electron chi connectivity index (χ0n) is 20.7. The van der Waals surface area contributed by atoms with Crippen LogP contribution in [-0.2, 0) is 17.6 Å². The number of imidazole rings is 1. The van der Waals surface area contributed by atoms with Crippen molar-refractivity contribution in [2.24, 2.45) is 0 Å². The first kappa shape index (κ1) is 27.8. The van der Waals surface area contributed by atoms with Gasteiger partial charge in [-0.2, -0.15) is 0 Å². The fourth-order valence-electron chi connectivity index (χ4n) is 3.47. The minimum Gasteiger partial charge on any atom is -0.377 e. The van der Waals surface area contributed by atoms with Gasteiger partial charge in [0.25, 0.3) is 5.91 Å². The number of carbonyl (C=O) groups is 1. The van der Waals surface area contributed by atoms with Crippen LogP contribution >= 0.6 is 11.3 Å². The Bertz CT molecular complexity index is 830. The number of anilines is 1. The minimum absolute atomic E-state index is 0. The van der Waals surface area contributed by atoms with E-state index in [2.05, 4.69) is 50.8 Å². The van der Waals surface area contributed by atoms with Crippen molar-refractivity contribution in [2.45, 2.75) is 79.4 Å². The van der Waals surface area contributed by atoms with Gasteiger partial charge < -0.3 is 19.9 Å². The maximum absolute atomic E-state index is 12.7. The Kier molecular flexibility index (Phi) is 12.8. The number of amides is 1. The normalized spacial score (nSPS) is 17.5. The molecule has 1 fully saturated rings. The summed E-state index contributed by atoms with van der Waals surface area (Å²) in [4.78, 5) is 22.6. The molecular formula is C23H44N6O2S. The average molecular weight is 469 g/mol. The fourth-order valence-corrected chi connectivity index (χ4v) is 4.20. The summed E-state index contributed by atoms with van der Waals surface area (Å²) in [5, 5.41) is 13.1. The molecule has 8 nitrogen and oxygen atoms in total. The van der Waals surface area contributed by atoms with Gasteiger partial charge in [-0.3, -0.25) is 4.79 Å². The number of aromatic nitrogens is 4. The van der Waals surface area contributed by atoms with Gasteiger partial charge in [-0.25, -0.2) is 4.98 Å². The van der Waals surface area contributed by atoms with Gasteiger partial charge in [0, 0.05) is 28.7 Å². The number of hydrogen-bond donors (Lipinski definition) is 2. The quantitative estimate of drug-likeness (QED) is 0.567. The third kappa shape index (κ3) is 7.13. The molecule has 184 valence electrons. The molecule has 1 aliphatic rings. The number of rotatable bonds is 8. The second-order valence-electron chi connectivity index (χ2n) is 6.83. The summed E-state index contributed by atoms with van der Waals surface area (Å²) in [5.41, 5.74) is 2.03. The molecule has 0 saturated carbocycles. The number of nitrogens with one attached hydrogen (secondary N) is 2. The van der Waals surface area contributed by atoms with E-state index in [0.29, 0.717) is 12.4 Å². The Morgan fingerprint density at radius 1 is 1.34 bits per heavy atom. The molecule has 2 atom stereocenters. The van der Waals surface area contributed by atoms with Crippen molar-refractivity contribution in [1.29, 1.82) is 0 Å². The van der Waals surface area contributed by atoms with Crippen molar-refractivity contribution in [1.82, 2.24) is 25.5 Å². The Balaban J connectivity index is 0. The van der Waals surface area contributed by atoms with Gasteiger partial charge in [0.1, 0.15) is 5.01 Å². The van der Waals surface area contributed by atoms with Crippen molar-refractivity contribution in [3.05, 3.63) is 28.8 Å². The van der Waals surface area contributed by atoms with Crippen molar-refractivity contribution in [3.8, 4) is 0 Å². The van der Waals surface area contributed by atoms with Crippen LogP contribution in [0.4, 0.5) is 5.13 Å². The number of methoxy groups -OCH3 is 1. The third-order valence-electron chi connectivity index (χ3n) is 4.97. The summed E-state index contributed by atoms with van der Waals surface area (Å²) in [6, 6.07) is -0.0784. The number of ether oxygens (including phenoxy) is 1. The van der Waals surface area contributed by atoms with Crippen molar-refractivity contribution >= 4 is 28.5 Å². The van der Waals surface area contributed by atoms with E-state index in [9.17, 15) is 4.79 Å². The maximum Gasteiger partial charge on any atom is 0.287 e.